The molecule has 1 heterocycles. The van der Waals surface area contributed by atoms with Crippen molar-refractivity contribution in [2.75, 3.05) is 20.6 Å². The number of aromatic nitrogens is 3. The Labute approximate surface area is 79.3 Å². The Kier molecular flexibility index (Phi) is 3.89. The van der Waals surface area contributed by atoms with E-state index in [1.165, 1.54) is 0 Å². The van der Waals surface area contributed by atoms with Crippen molar-refractivity contribution in [3.05, 3.63) is 11.9 Å². The highest BCUT2D eigenvalue weighted by Crippen LogP contribution is 2.19. The van der Waals surface area contributed by atoms with Crippen molar-refractivity contribution in [3.8, 4) is 0 Å². The molecule has 13 heavy (non-hydrogen) atoms. The Morgan fingerprint density at radius 3 is 2.77 bits per heavy atom. The fourth-order valence-electron chi connectivity index (χ4n) is 1.38. The van der Waals surface area contributed by atoms with Crippen molar-refractivity contribution in [1.29, 1.82) is 0 Å². The molecule has 0 fully saturated rings. The van der Waals surface area contributed by atoms with Crippen LogP contribution in [0.5, 0.6) is 0 Å². The summed E-state index contributed by atoms with van der Waals surface area (Å²) in [5.41, 5.74) is 1.09. The summed E-state index contributed by atoms with van der Waals surface area (Å²) in [4.78, 5) is 2.20. The van der Waals surface area contributed by atoms with Crippen LogP contribution in [0.15, 0.2) is 6.20 Å². The fraction of sp³-hybridized carbons (Fsp3) is 0.778. The van der Waals surface area contributed by atoms with Crippen molar-refractivity contribution < 1.29 is 0 Å². The van der Waals surface area contributed by atoms with Gasteiger partial charge in [0, 0.05) is 5.92 Å². The van der Waals surface area contributed by atoms with Crippen LogP contribution in [-0.2, 0) is 0 Å². The molecule has 0 bridgehead atoms. The Hall–Kier alpha value is -0.900. The molecular weight excluding hydrogens is 164 g/mol. The van der Waals surface area contributed by atoms with E-state index in [0.717, 1.165) is 25.1 Å². The Morgan fingerprint density at radius 2 is 2.31 bits per heavy atom. The van der Waals surface area contributed by atoms with E-state index in [1.807, 2.05) is 6.20 Å². The van der Waals surface area contributed by atoms with Gasteiger partial charge in [-0.1, -0.05) is 6.92 Å². The molecule has 4 heteroatoms. The quantitative estimate of drug-likeness (QED) is 0.745. The molecule has 1 N–H and O–H groups in total. The standard InChI is InChI=1S/C9H18N4/c1-4-8(5-6-13(2)3)9-7-10-12-11-9/h7-8H,4-6H2,1-3H3,(H,10,11,12). The molecule has 1 aromatic heterocycles. The summed E-state index contributed by atoms with van der Waals surface area (Å²) in [6.45, 7) is 3.29. The predicted octanol–water partition coefficient (Wildman–Crippen LogP) is 1.25. The van der Waals surface area contributed by atoms with Gasteiger partial charge in [-0.3, -0.25) is 0 Å². The molecule has 0 amide bonds. The van der Waals surface area contributed by atoms with Gasteiger partial charge in [-0.25, -0.2) is 0 Å². The highest BCUT2D eigenvalue weighted by Gasteiger charge is 2.11. The molecule has 0 radical (unpaired) electrons. The van der Waals surface area contributed by atoms with Crippen molar-refractivity contribution in [3.63, 3.8) is 0 Å². The van der Waals surface area contributed by atoms with E-state index in [9.17, 15) is 0 Å². The van der Waals surface area contributed by atoms with Crippen molar-refractivity contribution in [2.45, 2.75) is 25.7 Å². The summed E-state index contributed by atoms with van der Waals surface area (Å²) >= 11 is 0. The average Bonchev–Trinajstić information content (AvgIpc) is 2.58. The van der Waals surface area contributed by atoms with Gasteiger partial charge in [-0.2, -0.15) is 15.4 Å². The van der Waals surface area contributed by atoms with Crippen LogP contribution in [0.1, 0.15) is 31.4 Å². The number of rotatable bonds is 5. The molecule has 74 valence electrons. The summed E-state index contributed by atoms with van der Waals surface area (Å²) in [6.07, 6.45) is 4.10. The van der Waals surface area contributed by atoms with E-state index in [-0.39, 0.29) is 0 Å². The van der Waals surface area contributed by atoms with Crippen LogP contribution < -0.4 is 0 Å². The first-order chi connectivity index (χ1) is 6.24. The van der Waals surface area contributed by atoms with Gasteiger partial charge >= 0.3 is 0 Å². The first-order valence-electron chi connectivity index (χ1n) is 4.74. The van der Waals surface area contributed by atoms with Crippen LogP contribution in [0, 0.1) is 0 Å². The minimum Gasteiger partial charge on any atom is -0.309 e. The third-order valence-electron chi connectivity index (χ3n) is 2.27. The molecule has 0 aliphatic heterocycles. The highest BCUT2D eigenvalue weighted by molar-refractivity contribution is 5.00. The summed E-state index contributed by atoms with van der Waals surface area (Å²) in [7, 11) is 4.19. The lowest BCUT2D eigenvalue weighted by atomic mass is 9.99. The lowest BCUT2D eigenvalue weighted by Crippen LogP contribution is -2.15. The lowest BCUT2D eigenvalue weighted by molar-refractivity contribution is 0.376. The van der Waals surface area contributed by atoms with Gasteiger partial charge in [-0.05, 0) is 33.5 Å². The topological polar surface area (TPSA) is 44.8 Å². The van der Waals surface area contributed by atoms with E-state index in [4.69, 9.17) is 0 Å². The smallest absolute Gasteiger partial charge is 0.0855 e. The van der Waals surface area contributed by atoms with Gasteiger partial charge in [0.25, 0.3) is 0 Å². The third-order valence-corrected chi connectivity index (χ3v) is 2.27. The van der Waals surface area contributed by atoms with E-state index in [2.05, 4.69) is 41.3 Å². The first-order valence-corrected chi connectivity index (χ1v) is 4.74. The van der Waals surface area contributed by atoms with Crippen LogP contribution >= 0.6 is 0 Å². The Balaban J connectivity index is 2.44. The molecule has 0 aromatic carbocycles. The molecule has 0 aliphatic rings. The summed E-state index contributed by atoms with van der Waals surface area (Å²) in [5, 5.41) is 10.6. The van der Waals surface area contributed by atoms with Crippen molar-refractivity contribution in [2.24, 2.45) is 0 Å². The van der Waals surface area contributed by atoms with E-state index >= 15 is 0 Å². The van der Waals surface area contributed by atoms with E-state index < -0.39 is 0 Å². The lowest BCUT2D eigenvalue weighted by Gasteiger charge is -2.15. The largest absolute Gasteiger partial charge is 0.309 e. The van der Waals surface area contributed by atoms with Gasteiger partial charge in [0.2, 0.25) is 0 Å². The molecule has 1 aromatic rings. The molecule has 1 rings (SSSR count). The van der Waals surface area contributed by atoms with Crippen LogP contribution in [0.4, 0.5) is 0 Å². The normalized spacial score (nSPS) is 13.5. The molecule has 1 unspecified atom stereocenters. The van der Waals surface area contributed by atoms with Crippen LogP contribution in [-0.4, -0.2) is 41.0 Å². The van der Waals surface area contributed by atoms with Crippen LogP contribution in [0.2, 0.25) is 0 Å². The number of nitrogens with one attached hydrogen (secondary N) is 1. The zero-order chi connectivity index (χ0) is 9.68. The second kappa shape index (κ2) is 4.97. The van der Waals surface area contributed by atoms with Gasteiger partial charge in [0.05, 0.1) is 11.9 Å². The van der Waals surface area contributed by atoms with E-state index in [0.29, 0.717) is 5.92 Å². The first kappa shape index (κ1) is 10.2. The molecule has 0 aliphatic carbocycles. The summed E-state index contributed by atoms with van der Waals surface area (Å²) < 4.78 is 0. The maximum Gasteiger partial charge on any atom is 0.0855 e. The van der Waals surface area contributed by atoms with Crippen molar-refractivity contribution in [1.82, 2.24) is 20.3 Å². The second-order valence-electron chi connectivity index (χ2n) is 3.59. The maximum atomic E-state index is 4.11. The number of H-pyrrole nitrogens is 1. The van der Waals surface area contributed by atoms with Gasteiger partial charge < -0.3 is 4.90 Å². The molecule has 0 spiro atoms. The maximum absolute atomic E-state index is 4.11. The molecule has 4 nitrogen and oxygen atoms in total. The van der Waals surface area contributed by atoms with Gasteiger partial charge in [0.1, 0.15) is 0 Å². The Bertz CT molecular complexity index is 218. The number of aromatic amines is 1. The highest BCUT2D eigenvalue weighted by atomic mass is 15.3. The van der Waals surface area contributed by atoms with Crippen LogP contribution in [0.25, 0.3) is 0 Å². The van der Waals surface area contributed by atoms with Crippen LogP contribution in [0.3, 0.4) is 0 Å². The Morgan fingerprint density at radius 1 is 1.54 bits per heavy atom. The van der Waals surface area contributed by atoms with E-state index in [1.54, 1.807) is 0 Å². The molecular formula is C9H18N4. The minimum absolute atomic E-state index is 0.543. The monoisotopic (exact) mass is 182 g/mol. The average molecular weight is 182 g/mol. The van der Waals surface area contributed by atoms with Gasteiger partial charge in [0.15, 0.2) is 0 Å². The summed E-state index contributed by atoms with van der Waals surface area (Å²) in [6, 6.07) is 0. The van der Waals surface area contributed by atoms with Crippen molar-refractivity contribution >= 4 is 0 Å². The zero-order valence-corrected chi connectivity index (χ0v) is 8.62. The third kappa shape index (κ3) is 3.14. The number of nitrogens with zero attached hydrogens (tertiary/aromatic N) is 3. The summed E-state index contributed by atoms with van der Waals surface area (Å²) in [5.74, 6) is 0.543. The SMILES string of the molecule is CCC(CCN(C)C)c1cn[nH]n1. The van der Waals surface area contributed by atoms with Gasteiger partial charge in [-0.15, -0.1) is 0 Å². The zero-order valence-electron chi connectivity index (χ0n) is 8.62. The number of hydrogen-bond donors (Lipinski definition) is 1. The fourth-order valence-corrected chi connectivity index (χ4v) is 1.38. The molecule has 0 saturated carbocycles. The minimum atomic E-state index is 0.543. The predicted molar refractivity (Wildman–Crippen MR) is 52.6 cm³/mol. The molecule has 1 atom stereocenters. The molecule has 0 saturated heterocycles. The second-order valence-corrected chi connectivity index (χ2v) is 3.59. The number of hydrogen-bond acceptors (Lipinski definition) is 3.